The summed E-state index contributed by atoms with van der Waals surface area (Å²) in [5.74, 6) is 0. The van der Waals surface area contributed by atoms with E-state index < -0.39 is 0 Å². The van der Waals surface area contributed by atoms with Crippen molar-refractivity contribution < 1.29 is 0 Å². The van der Waals surface area contributed by atoms with Crippen LogP contribution in [-0.4, -0.2) is 20.0 Å². The van der Waals surface area contributed by atoms with E-state index in [9.17, 15) is 0 Å². The summed E-state index contributed by atoms with van der Waals surface area (Å²) in [6.45, 7) is 7.30. The Kier molecular flexibility index (Phi) is 3.90. The van der Waals surface area contributed by atoms with Crippen molar-refractivity contribution in [2.75, 3.05) is 0 Å². The molecule has 0 N–H and O–H groups in total. The van der Waals surface area contributed by atoms with Crippen molar-refractivity contribution >= 4 is 27.0 Å². The third-order valence-corrected chi connectivity index (χ3v) is 4.23. The van der Waals surface area contributed by atoms with Crippen LogP contribution in [0.2, 0.25) is 0 Å². The molecule has 1 aromatic carbocycles. The maximum atomic E-state index is 9.03. The Morgan fingerprint density at radius 2 is 2.04 bits per heavy atom. The Morgan fingerprint density at radius 1 is 1.26 bits per heavy atom. The zero-order valence-electron chi connectivity index (χ0n) is 13.2. The van der Waals surface area contributed by atoms with E-state index in [0.29, 0.717) is 5.56 Å². The number of nitriles is 1. The minimum Gasteiger partial charge on any atom is -0.263 e. The van der Waals surface area contributed by atoms with Gasteiger partial charge in [-0.05, 0) is 39.0 Å². The topological polar surface area (TPSA) is 67.4 Å². The summed E-state index contributed by atoms with van der Waals surface area (Å²) in [5, 5.41) is 17.6. The van der Waals surface area contributed by atoms with Gasteiger partial charge in [-0.2, -0.15) is 5.26 Å². The van der Waals surface area contributed by atoms with Gasteiger partial charge in [0.1, 0.15) is 11.6 Å². The van der Waals surface area contributed by atoms with E-state index in [-0.39, 0.29) is 5.41 Å². The maximum absolute atomic E-state index is 9.03. The number of hydrogen-bond acceptors (Lipinski definition) is 4. The summed E-state index contributed by atoms with van der Waals surface area (Å²) in [4.78, 5) is 4.12. The summed E-state index contributed by atoms with van der Waals surface area (Å²) in [7, 11) is 0. The number of benzene rings is 1. The lowest BCUT2D eigenvalue weighted by molar-refractivity contribution is 0.327. The molecule has 2 heterocycles. The van der Waals surface area contributed by atoms with E-state index in [2.05, 4.69) is 58.1 Å². The van der Waals surface area contributed by atoms with Gasteiger partial charge in [-0.1, -0.05) is 32.1 Å². The average Bonchev–Trinajstić information content (AvgIpc) is 2.90. The van der Waals surface area contributed by atoms with Crippen LogP contribution >= 0.6 is 15.9 Å². The van der Waals surface area contributed by atoms with Crippen LogP contribution in [-0.2, 0) is 6.54 Å². The molecule has 0 bridgehead atoms. The predicted molar refractivity (Wildman–Crippen MR) is 92.6 cm³/mol. The highest BCUT2D eigenvalue weighted by Gasteiger charge is 2.17. The fourth-order valence-electron chi connectivity index (χ4n) is 2.44. The third-order valence-electron chi connectivity index (χ3n) is 3.43. The molecule has 0 aliphatic carbocycles. The van der Waals surface area contributed by atoms with Gasteiger partial charge in [0.2, 0.25) is 0 Å². The monoisotopic (exact) mass is 369 g/mol. The first kappa shape index (κ1) is 15.6. The Bertz CT molecular complexity index is 915. The van der Waals surface area contributed by atoms with Crippen LogP contribution in [0.4, 0.5) is 0 Å². The molecule has 116 valence electrons. The van der Waals surface area contributed by atoms with Gasteiger partial charge in [-0.3, -0.25) is 4.98 Å². The summed E-state index contributed by atoms with van der Waals surface area (Å²) in [6, 6.07) is 7.95. The fourth-order valence-corrected chi connectivity index (χ4v) is 3.09. The lowest BCUT2D eigenvalue weighted by atomic mass is 9.97. The fraction of sp³-hybridized carbons (Fsp3) is 0.294. The summed E-state index contributed by atoms with van der Waals surface area (Å²) in [5.41, 5.74) is 4.28. The van der Waals surface area contributed by atoms with Gasteiger partial charge in [0, 0.05) is 24.5 Å². The Morgan fingerprint density at radius 3 is 2.74 bits per heavy atom. The van der Waals surface area contributed by atoms with Gasteiger partial charge < -0.3 is 0 Å². The molecule has 0 aliphatic rings. The summed E-state index contributed by atoms with van der Waals surface area (Å²) < 4.78 is 2.79. The molecule has 0 spiro atoms. The predicted octanol–water partition coefficient (Wildman–Crippen LogP) is 4.17. The normalized spacial score (nSPS) is 11.6. The van der Waals surface area contributed by atoms with Crippen LogP contribution in [0.15, 0.2) is 35.1 Å². The van der Waals surface area contributed by atoms with Crippen LogP contribution in [0.5, 0.6) is 0 Å². The zero-order chi connectivity index (χ0) is 16.6. The molecule has 23 heavy (non-hydrogen) atoms. The Labute approximate surface area is 143 Å². The second-order valence-corrected chi connectivity index (χ2v) is 7.47. The van der Waals surface area contributed by atoms with Crippen molar-refractivity contribution in [3.05, 3.63) is 40.6 Å². The molecule has 0 saturated carbocycles. The number of nitrogens with zero attached hydrogens (tertiary/aromatic N) is 5. The highest BCUT2D eigenvalue weighted by molar-refractivity contribution is 9.10. The van der Waals surface area contributed by atoms with E-state index in [4.69, 9.17) is 5.26 Å². The Balaban J connectivity index is 2.11. The first-order valence-corrected chi connectivity index (χ1v) is 8.05. The van der Waals surface area contributed by atoms with Crippen molar-refractivity contribution in [2.45, 2.75) is 27.3 Å². The smallest absolute Gasteiger partial charge is 0.127 e. The van der Waals surface area contributed by atoms with Crippen molar-refractivity contribution in [3.8, 4) is 17.2 Å². The highest BCUT2D eigenvalue weighted by atomic mass is 79.9. The van der Waals surface area contributed by atoms with Gasteiger partial charge >= 0.3 is 0 Å². The average molecular weight is 370 g/mol. The van der Waals surface area contributed by atoms with Crippen LogP contribution in [0.1, 0.15) is 26.3 Å². The molecule has 0 atom stereocenters. The number of pyridine rings is 1. The van der Waals surface area contributed by atoms with Crippen LogP contribution in [0.25, 0.3) is 22.2 Å². The molecule has 3 rings (SSSR count). The molecule has 0 aliphatic heterocycles. The lowest BCUT2D eigenvalue weighted by Gasteiger charge is -2.18. The maximum Gasteiger partial charge on any atom is 0.127 e. The van der Waals surface area contributed by atoms with Crippen LogP contribution in [0, 0.1) is 16.7 Å². The molecular weight excluding hydrogens is 354 g/mol. The largest absolute Gasteiger partial charge is 0.263 e. The first-order chi connectivity index (χ1) is 10.9. The number of hydrogen-bond donors (Lipinski definition) is 0. The quantitative estimate of drug-likeness (QED) is 0.679. The SMILES string of the molecule is CC(C)(C)Cn1nnc2c(Br)c(-c3cncc(C#N)c3)ccc21. The molecule has 0 saturated heterocycles. The molecule has 6 heteroatoms. The van der Waals surface area contributed by atoms with Gasteiger partial charge in [0.25, 0.3) is 0 Å². The van der Waals surface area contributed by atoms with Gasteiger partial charge in [-0.15, -0.1) is 5.10 Å². The number of aromatic nitrogens is 4. The van der Waals surface area contributed by atoms with Gasteiger partial charge in [0.15, 0.2) is 0 Å². The van der Waals surface area contributed by atoms with Gasteiger partial charge in [0.05, 0.1) is 15.6 Å². The van der Waals surface area contributed by atoms with Crippen molar-refractivity contribution in [3.63, 3.8) is 0 Å². The molecule has 0 fully saturated rings. The number of rotatable bonds is 2. The van der Waals surface area contributed by atoms with E-state index >= 15 is 0 Å². The van der Waals surface area contributed by atoms with E-state index in [1.807, 2.05) is 22.9 Å². The molecule has 0 radical (unpaired) electrons. The minimum atomic E-state index is 0.122. The third kappa shape index (κ3) is 3.10. The molecular formula is C17H16BrN5. The summed E-state index contributed by atoms with van der Waals surface area (Å²) >= 11 is 3.63. The van der Waals surface area contributed by atoms with Crippen molar-refractivity contribution in [1.29, 1.82) is 5.26 Å². The van der Waals surface area contributed by atoms with E-state index in [1.165, 1.54) is 0 Å². The summed E-state index contributed by atoms with van der Waals surface area (Å²) in [6.07, 6.45) is 3.29. The lowest BCUT2D eigenvalue weighted by Crippen LogP contribution is -2.16. The molecule has 0 unspecified atom stereocenters. The molecule has 2 aromatic heterocycles. The number of halogens is 1. The second-order valence-electron chi connectivity index (χ2n) is 6.68. The highest BCUT2D eigenvalue weighted by Crippen LogP contribution is 2.34. The number of fused-ring (bicyclic) bond motifs is 1. The standard InChI is InChI=1S/C17H16BrN5/c1-17(2,3)10-23-14-5-4-13(15(18)16(14)21-22-23)12-6-11(7-19)8-20-9-12/h4-6,8-9H,10H2,1-3H3. The van der Waals surface area contributed by atoms with Crippen LogP contribution < -0.4 is 0 Å². The zero-order valence-corrected chi connectivity index (χ0v) is 14.8. The molecule has 0 amide bonds. The molecule has 5 nitrogen and oxygen atoms in total. The van der Waals surface area contributed by atoms with Gasteiger partial charge in [-0.25, -0.2) is 4.68 Å². The second kappa shape index (κ2) is 5.74. The molecule has 3 aromatic rings. The van der Waals surface area contributed by atoms with Crippen LogP contribution in [0.3, 0.4) is 0 Å². The first-order valence-electron chi connectivity index (χ1n) is 7.26. The Hall–Kier alpha value is -2.26. The van der Waals surface area contributed by atoms with Crippen molar-refractivity contribution in [2.24, 2.45) is 5.41 Å². The van der Waals surface area contributed by atoms with E-state index in [0.717, 1.165) is 33.2 Å². The van der Waals surface area contributed by atoms with E-state index in [1.54, 1.807) is 12.4 Å². The van der Waals surface area contributed by atoms with Crippen molar-refractivity contribution in [1.82, 2.24) is 20.0 Å². The minimum absolute atomic E-state index is 0.122.